The highest BCUT2D eigenvalue weighted by atomic mass is 16.3. The summed E-state index contributed by atoms with van der Waals surface area (Å²) < 4.78 is 6.88. The van der Waals surface area contributed by atoms with Gasteiger partial charge in [0.15, 0.2) is 0 Å². The van der Waals surface area contributed by atoms with Crippen molar-refractivity contribution in [1.82, 2.24) is 0 Å². The second kappa shape index (κ2) is 13.0. The molecular weight excluding hydrogens is 691 g/mol. The van der Waals surface area contributed by atoms with E-state index in [0.717, 1.165) is 44.4 Å². The summed E-state index contributed by atoms with van der Waals surface area (Å²) in [5.74, 6) is 0. The first kappa shape index (κ1) is 33.2. The molecule has 0 amide bonds. The molecule has 0 saturated heterocycles. The molecule has 0 atom stereocenters. The Labute approximate surface area is 332 Å². The Balaban J connectivity index is 1.14. The van der Waals surface area contributed by atoms with Crippen LogP contribution in [0.3, 0.4) is 0 Å². The minimum atomic E-state index is -0.115. The number of benzene rings is 9. The molecule has 0 aliphatic heterocycles. The fourth-order valence-corrected chi connectivity index (χ4v) is 9.32. The predicted molar refractivity (Wildman–Crippen MR) is 240 cm³/mol. The van der Waals surface area contributed by atoms with Gasteiger partial charge in [-0.25, -0.2) is 0 Å². The van der Waals surface area contributed by atoms with E-state index in [9.17, 15) is 0 Å². The van der Waals surface area contributed by atoms with Gasteiger partial charge in [-0.1, -0.05) is 166 Å². The van der Waals surface area contributed by atoms with Gasteiger partial charge in [0.2, 0.25) is 0 Å². The number of rotatable bonds is 6. The smallest absolute Gasteiger partial charge is 0.143 e. The second-order valence-corrected chi connectivity index (χ2v) is 15.7. The highest BCUT2D eigenvalue weighted by Gasteiger charge is 2.37. The van der Waals surface area contributed by atoms with Crippen LogP contribution in [0.1, 0.15) is 25.0 Å². The van der Waals surface area contributed by atoms with E-state index >= 15 is 0 Å². The molecule has 0 unspecified atom stereocenters. The van der Waals surface area contributed by atoms with E-state index in [4.69, 9.17) is 4.42 Å². The summed E-state index contributed by atoms with van der Waals surface area (Å²) in [5, 5.41) is 4.48. The Morgan fingerprint density at radius 3 is 1.77 bits per heavy atom. The lowest BCUT2D eigenvalue weighted by molar-refractivity contribution is 0.660. The molecule has 0 bridgehead atoms. The Hall–Kier alpha value is -7.16. The minimum absolute atomic E-state index is 0.115. The first-order valence-corrected chi connectivity index (χ1v) is 19.8. The summed E-state index contributed by atoms with van der Waals surface area (Å²) in [6.45, 7) is 4.72. The molecule has 0 fully saturated rings. The van der Waals surface area contributed by atoms with Crippen LogP contribution in [-0.2, 0) is 5.41 Å². The third-order valence-electron chi connectivity index (χ3n) is 12.1. The van der Waals surface area contributed by atoms with Crippen LogP contribution in [-0.4, -0.2) is 0 Å². The Morgan fingerprint density at radius 2 is 1.02 bits per heavy atom. The monoisotopic (exact) mass is 729 g/mol. The lowest BCUT2D eigenvalue weighted by atomic mass is 9.81. The van der Waals surface area contributed by atoms with Crippen LogP contribution in [0.5, 0.6) is 0 Å². The largest absolute Gasteiger partial charge is 0.455 e. The van der Waals surface area contributed by atoms with Crippen molar-refractivity contribution in [3.8, 4) is 44.5 Å². The van der Waals surface area contributed by atoms with Gasteiger partial charge in [-0.2, -0.15) is 0 Å². The number of anilines is 3. The van der Waals surface area contributed by atoms with Crippen molar-refractivity contribution in [3.05, 3.63) is 211 Å². The maximum absolute atomic E-state index is 6.88. The van der Waals surface area contributed by atoms with E-state index in [-0.39, 0.29) is 5.41 Å². The third-order valence-corrected chi connectivity index (χ3v) is 12.1. The lowest BCUT2D eigenvalue weighted by Crippen LogP contribution is -2.14. The van der Waals surface area contributed by atoms with Gasteiger partial charge in [-0.3, -0.25) is 0 Å². The zero-order valence-electron chi connectivity index (χ0n) is 31.9. The van der Waals surface area contributed by atoms with Crippen LogP contribution in [0.2, 0.25) is 0 Å². The number of hydrogen-bond donors (Lipinski definition) is 0. The molecule has 1 aromatic heterocycles. The molecule has 11 rings (SSSR count). The minimum Gasteiger partial charge on any atom is -0.455 e. The molecular formula is C55H39NO. The first-order chi connectivity index (χ1) is 28.0. The number of hydrogen-bond acceptors (Lipinski definition) is 2. The molecule has 10 aromatic rings. The Morgan fingerprint density at radius 1 is 0.404 bits per heavy atom. The molecule has 57 heavy (non-hydrogen) atoms. The van der Waals surface area contributed by atoms with E-state index in [1.165, 1.54) is 61.0 Å². The molecule has 1 aliphatic rings. The van der Waals surface area contributed by atoms with Crippen LogP contribution in [0.25, 0.3) is 77.2 Å². The van der Waals surface area contributed by atoms with Crippen molar-refractivity contribution < 1.29 is 4.42 Å². The molecule has 270 valence electrons. The van der Waals surface area contributed by atoms with E-state index in [0.29, 0.717) is 0 Å². The van der Waals surface area contributed by atoms with Crippen LogP contribution >= 0.6 is 0 Å². The topological polar surface area (TPSA) is 16.4 Å². The normalized spacial score (nSPS) is 12.9. The van der Waals surface area contributed by atoms with Crippen molar-refractivity contribution >= 4 is 49.8 Å². The summed E-state index contributed by atoms with van der Waals surface area (Å²) in [4.78, 5) is 2.36. The molecule has 0 N–H and O–H groups in total. The third kappa shape index (κ3) is 5.25. The molecule has 2 heteroatoms. The lowest BCUT2D eigenvalue weighted by Gasteiger charge is -2.26. The van der Waals surface area contributed by atoms with Crippen molar-refractivity contribution in [1.29, 1.82) is 0 Å². The van der Waals surface area contributed by atoms with Crippen LogP contribution < -0.4 is 4.90 Å². The highest BCUT2D eigenvalue weighted by molar-refractivity contribution is 6.22. The quantitative estimate of drug-likeness (QED) is 0.169. The van der Waals surface area contributed by atoms with Gasteiger partial charge in [-0.15, -0.1) is 0 Å². The molecule has 1 heterocycles. The zero-order valence-corrected chi connectivity index (χ0v) is 31.9. The van der Waals surface area contributed by atoms with Crippen molar-refractivity contribution in [2.24, 2.45) is 0 Å². The number of para-hydroxylation sites is 1. The standard InChI is InChI=1S/C55H39NO/c1-55(2)48-33-30-39(34-46(48)52-42(24-14-25-49(52)55)38-18-8-4-9-19-38)45-35-47-53-50(26-15-27-51(53)57-54(47)44-23-13-12-22-43(44)45)56(40-20-10-5-11-21-40)41-31-28-37(29-32-41)36-16-6-3-7-17-36/h3-35H,1-2H3. The zero-order chi connectivity index (χ0) is 38.1. The SMILES string of the molecule is CC1(C)c2ccc(-c3cc4c(oc5cccc(N(c6ccccc6)c6ccc(-c7ccccc7)cc6)c54)c4ccccc34)cc2-c2c(-c3ccccc3)cccc21. The second-order valence-electron chi connectivity index (χ2n) is 15.7. The van der Waals surface area contributed by atoms with E-state index in [2.05, 4.69) is 219 Å². The summed E-state index contributed by atoms with van der Waals surface area (Å²) >= 11 is 0. The van der Waals surface area contributed by atoms with E-state index in [1.54, 1.807) is 0 Å². The predicted octanol–water partition coefficient (Wildman–Crippen LogP) is 15.5. The van der Waals surface area contributed by atoms with Crippen molar-refractivity contribution in [2.45, 2.75) is 19.3 Å². The number of fused-ring (bicyclic) bond motifs is 8. The van der Waals surface area contributed by atoms with E-state index < -0.39 is 0 Å². The molecule has 0 radical (unpaired) electrons. The highest BCUT2D eigenvalue weighted by Crippen LogP contribution is 2.54. The molecule has 1 aliphatic carbocycles. The fourth-order valence-electron chi connectivity index (χ4n) is 9.32. The summed E-state index contributed by atoms with van der Waals surface area (Å²) in [5.41, 5.74) is 17.6. The molecule has 2 nitrogen and oxygen atoms in total. The van der Waals surface area contributed by atoms with Crippen LogP contribution in [0.15, 0.2) is 205 Å². The van der Waals surface area contributed by atoms with Crippen LogP contribution in [0, 0.1) is 0 Å². The maximum atomic E-state index is 6.88. The van der Waals surface area contributed by atoms with Crippen molar-refractivity contribution in [2.75, 3.05) is 4.90 Å². The number of furan rings is 1. The van der Waals surface area contributed by atoms with Gasteiger partial charge in [0.1, 0.15) is 11.2 Å². The summed E-state index contributed by atoms with van der Waals surface area (Å²) in [6.07, 6.45) is 0. The van der Waals surface area contributed by atoms with E-state index in [1.807, 2.05) is 0 Å². The van der Waals surface area contributed by atoms with Gasteiger partial charge in [-0.05, 0) is 110 Å². The maximum Gasteiger partial charge on any atom is 0.143 e. The van der Waals surface area contributed by atoms with Gasteiger partial charge in [0.05, 0.1) is 11.1 Å². The first-order valence-electron chi connectivity index (χ1n) is 19.8. The van der Waals surface area contributed by atoms with Gasteiger partial charge >= 0.3 is 0 Å². The van der Waals surface area contributed by atoms with Crippen LogP contribution in [0.4, 0.5) is 17.1 Å². The van der Waals surface area contributed by atoms with Crippen molar-refractivity contribution in [3.63, 3.8) is 0 Å². The van der Waals surface area contributed by atoms with Gasteiger partial charge in [0.25, 0.3) is 0 Å². The van der Waals surface area contributed by atoms with Gasteiger partial charge < -0.3 is 9.32 Å². The average Bonchev–Trinajstić information content (AvgIpc) is 3.77. The number of nitrogens with zero attached hydrogens (tertiary/aromatic N) is 1. The summed E-state index contributed by atoms with van der Waals surface area (Å²) in [6, 6.07) is 72.4. The molecule has 9 aromatic carbocycles. The average molecular weight is 730 g/mol. The molecule has 0 spiro atoms. The summed E-state index contributed by atoms with van der Waals surface area (Å²) in [7, 11) is 0. The molecule has 0 saturated carbocycles. The Kier molecular flexibility index (Phi) is 7.55. The fraction of sp³-hybridized carbons (Fsp3) is 0.0545. The van der Waals surface area contributed by atoms with Gasteiger partial charge in [0, 0.05) is 27.6 Å². The Bertz CT molecular complexity index is 3120.